The molecule has 0 aliphatic carbocycles. The molecule has 1 aromatic rings. The van der Waals surface area contributed by atoms with E-state index in [0.29, 0.717) is 0 Å². The Morgan fingerprint density at radius 3 is 2.14 bits per heavy atom. The van der Waals surface area contributed by atoms with Crippen LogP contribution in [-0.2, 0) is 4.74 Å². The molecule has 1 rings (SSSR count). The Labute approximate surface area is 130 Å². The van der Waals surface area contributed by atoms with Gasteiger partial charge in [-0.1, -0.05) is 39.5 Å². The van der Waals surface area contributed by atoms with E-state index in [1.54, 1.807) is 0 Å². The van der Waals surface area contributed by atoms with Crippen molar-refractivity contribution in [3.05, 3.63) is 34.4 Å². The van der Waals surface area contributed by atoms with Crippen LogP contribution >= 0.6 is 0 Å². The molecule has 0 saturated carbocycles. The van der Waals surface area contributed by atoms with Crippen LogP contribution in [0.15, 0.2) is 24.3 Å². The Balaban J connectivity index is 2.52. The van der Waals surface area contributed by atoms with E-state index in [1.165, 1.54) is 24.3 Å². The van der Waals surface area contributed by atoms with Gasteiger partial charge < -0.3 is 9.47 Å². The standard InChI is InChI=1S/C16H23NO5/c1-3-5-7-14(8-6-4-2)21-16(18)22-15-11-9-13(10-12-15)17(19)20/h9-12,14H,3-8H2,1-2H3. The van der Waals surface area contributed by atoms with Crippen LogP contribution in [0.5, 0.6) is 5.75 Å². The number of nitro groups is 1. The molecule has 0 N–H and O–H groups in total. The molecule has 0 aliphatic heterocycles. The number of hydrogen-bond donors (Lipinski definition) is 0. The predicted molar refractivity (Wildman–Crippen MR) is 83.0 cm³/mol. The van der Waals surface area contributed by atoms with Crippen molar-refractivity contribution in [3.63, 3.8) is 0 Å². The van der Waals surface area contributed by atoms with Gasteiger partial charge in [-0.15, -0.1) is 0 Å². The lowest BCUT2D eigenvalue weighted by Crippen LogP contribution is -2.21. The second kappa shape index (κ2) is 9.76. The predicted octanol–water partition coefficient (Wildman–Crippen LogP) is 4.86. The lowest BCUT2D eigenvalue weighted by molar-refractivity contribution is -0.384. The number of hydrogen-bond acceptors (Lipinski definition) is 5. The maximum Gasteiger partial charge on any atom is 0.514 e. The van der Waals surface area contributed by atoms with Gasteiger partial charge in [-0.2, -0.15) is 0 Å². The first-order valence-corrected chi connectivity index (χ1v) is 7.69. The zero-order chi connectivity index (χ0) is 16.4. The van der Waals surface area contributed by atoms with E-state index in [0.717, 1.165) is 38.5 Å². The van der Waals surface area contributed by atoms with Gasteiger partial charge in [-0.25, -0.2) is 4.79 Å². The number of nitro benzene ring substituents is 1. The molecule has 0 heterocycles. The van der Waals surface area contributed by atoms with Crippen LogP contribution in [-0.4, -0.2) is 17.2 Å². The van der Waals surface area contributed by atoms with Gasteiger partial charge in [-0.05, 0) is 25.0 Å². The summed E-state index contributed by atoms with van der Waals surface area (Å²) in [5.41, 5.74) is -0.0514. The maximum atomic E-state index is 11.8. The second-order valence-corrected chi connectivity index (χ2v) is 5.13. The minimum atomic E-state index is -0.758. The van der Waals surface area contributed by atoms with Crippen molar-refractivity contribution in [2.75, 3.05) is 0 Å². The summed E-state index contributed by atoms with van der Waals surface area (Å²) in [5, 5.41) is 10.6. The number of rotatable bonds is 9. The van der Waals surface area contributed by atoms with Crippen LogP contribution in [0.1, 0.15) is 52.4 Å². The molecule has 0 atom stereocenters. The van der Waals surface area contributed by atoms with E-state index >= 15 is 0 Å². The molecule has 0 aliphatic rings. The highest BCUT2D eigenvalue weighted by atomic mass is 16.7. The van der Waals surface area contributed by atoms with Crippen molar-refractivity contribution < 1.29 is 19.2 Å². The molecule has 0 spiro atoms. The normalized spacial score (nSPS) is 10.5. The molecule has 122 valence electrons. The summed E-state index contributed by atoms with van der Waals surface area (Å²) in [4.78, 5) is 21.8. The summed E-state index contributed by atoms with van der Waals surface area (Å²) in [6.45, 7) is 4.18. The van der Waals surface area contributed by atoms with Gasteiger partial charge in [0.15, 0.2) is 0 Å². The van der Waals surface area contributed by atoms with Crippen LogP contribution in [0.3, 0.4) is 0 Å². The molecule has 6 heteroatoms. The monoisotopic (exact) mass is 309 g/mol. The van der Waals surface area contributed by atoms with Crippen molar-refractivity contribution in [2.24, 2.45) is 0 Å². The molecule has 0 saturated heterocycles. The number of carbonyl (C=O) groups is 1. The van der Waals surface area contributed by atoms with Crippen LogP contribution in [0, 0.1) is 10.1 Å². The number of benzene rings is 1. The summed E-state index contributed by atoms with van der Waals surface area (Å²) in [5.74, 6) is 0.236. The number of ether oxygens (including phenoxy) is 2. The maximum absolute atomic E-state index is 11.8. The fourth-order valence-electron chi connectivity index (χ4n) is 2.02. The molecule has 0 amide bonds. The van der Waals surface area contributed by atoms with Crippen LogP contribution in [0.2, 0.25) is 0 Å². The molecule has 0 radical (unpaired) electrons. The number of unbranched alkanes of at least 4 members (excludes halogenated alkanes) is 2. The van der Waals surface area contributed by atoms with Gasteiger partial charge in [0, 0.05) is 12.1 Å². The van der Waals surface area contributed by atoms with Gasteiger partial charge in [0.2, 0.25) is 0 Å². The first kappa shape index (κ1) is 17.9. The van der Waals surface area contributed by atoms with E-state index in [2.05, 4.69) is 13.8 Å². The summed E-state index contributed by atoms with van der Waals surface area (Å²) >= 11 is 0. The summed E-state index contributed by atoms with van der Waals surface area (Å²) in [7, 11) is 0. The fourth-order valence-corrected chi connectivity index (χ4v) is 2.02. The van der Waals surface area contributed by atoms with E-state index in [9.17, 15) is 14.9 Å². The third kappa shape index (κ3) is 6.56. The summed E-state index contributed by atoms with van der Waals surface area (Å²) in [6, 6.07) is 5.33. The molecule has 0 unspecified atom stereocenters. The highest BCUT2D eigenvalue weighted by molar-refractivity contribution is 5.64. The average molecular weight is 309 g/mol. The number of nitrogens with zero attached hydrogens (tertiary/aromatic N) is 1. The van der Waals surface area contributed by atoms with E-state index < -0.39 is 11.1 Å². The Morgan fingerprint density at radius 1 is 1.14 bits per heavy atom. The second-order valence-electron chi connectivity index (χ2n) is 5.13. The minimum Gasteiger partial charge on any atom is -0.431 e. The summed E-state index contributed by atoms with van der Waals surface area (Å²) < 4.78 is 10.4. The van der Waals surface area contributed by atoms with Crippen molar-refractivity contribution in [2.45, 2.75) is 58.5 Å². The molecule has 0 aromatic heterocycles. The quantitative estimate of drug-likeness (QED) is 0.282. The lowest BCUT2D eigenvalue weighted by atomic mass is 10.1. The molecule has 0 fully saturated rings. The molecule has 0 bridgehead atoms. The van der Waals surface area contributed by atoms with Gasteiger partial charge in [0.05, 0.1) is 4.92 Å². The highest BCUT2D eigenvalue weighted by Crippen LogP contribution is 2.19. The van der Waals surface area contributed by atoms with Crippen molar-refractivity contribution >= 4 is 11.8 Å². The van der Waals surface area contributed by atoms with Gasteiger partial charge in [-0.3, -0.25) is 10.1 Å². The van der Waals surface area contributed by atoms with E-state index in [-0.39, 0.29) is 17.5 Å². The Kier molecular flexibility index (Phi) is 7.96. The molecular weight excluding hydrogens is 286 g/mol. The Hall–Kier alpha value is -2.11. The molecular formula is C16H23NO5. The van der Waals surface area contributed by atoms with Crippen molar-refractivity contribution in [1.82, 2.24) is 0 Å². The smallest absolute Gasteiger partial charge is 0.431 e. The van der Waals surface area contributed by atoms with Gasteiger partial charge in [0.1, 0.15) is 11.9 Å². The van der Waals surface area contributed by atoms with Crippen LogP contribution in [0.25, 0.3) is 0 Å². The Morgan fingerprint density at radius 2 is 1.68 bits per heavy atom. The largest absolute Gasteiger partial charge is 0.514 e. The SMILES string of the molecule is CCCCC(CCCC)OC(=O)Oc1ccc([N+](=O)[O-])cc1. The zero-order valence-corrected chi connectivity index (χ0v) is 13.1. The Bertz CT molecular complexity index is 464. The summed E-state index contributed by atoms with van der Waals surface area (Å²) in [6.07, 6.45) is 4.85. The molecule has 1 aromatic carbocycles. The fraction of sp³-hybridized carbons (Fsp3) is 0.562. The van der Waals surface area contributed by atoms with E-state index in [1.807, 2.05) is 0 Å². The highest BCUT2D eigenvalue weighted by Gasteiger charge is 2.16. The van der Waals surface area contributed by atoms with Gasteiger partial charge >= 0.3 is 6.16 Å². The first-order valence-electron chi connectivity index (χ1n) is 7.69. The molecule has 6 nitrogen and oxygen atoms in total. The molecule has 22 heavy (non-hydrogen) atoms. The van der Waals surface area contributed by atoms with Crippen LogP contribution in [0.4, 0.5) is 10.5 Å². The zero-order valence-electron chi connectivity index (χ0n) is 13.1. The number of carbonyl (C=O) groups excluding carboxylic acids is 1. The average Bonchev–Trinajstić information content (AvgIpc) is 2.50. The topological polar surface area (TPSA) is 78.7 Å². The van der Waals surface area contributed by atoms with Gasteiger partial charge in [0.25, 0.3) is 5.69 Å². The van der Waals surface area contributed by atoms with Crippen molar-refractivity contribution in [1.29, 1.82) is 0 Å². The third-order valence-corrected chi connectivity index (χ3v) is 3.27. The number of non-ortho nitro benzene ring substituents is 1. The lowest BCUT2D eigenvalue weighted by Gasteiger charge is -2.17. The first-order chi connectivity index (χ1) is 10.6. The van der Waals surface area contributed by atoms with Crippen molar-refractivity contribution in [3.8, 4) is 5.75 Å². The minimum absolute atomic E-state index is 0.0514. The van der Waals surface area contributed by atoms with Crippen LogP contribution < -0.4 is 4.74 Å². The third-order valence-electron chi connectivity index (χ3n) is 3.27. The van der Waals surface area contributed by atoms with E-state index in [4.69, 9.17) is 9.47 Å².